The van der Waals surface area contributed by atoms with E-state index in [1.807, 2.05) is 24.0 Å². The molecular weight excluding hydrogens is 368 g/mol. The summed E-state index contributed by atoms with van der Waals surface area (Å²) in [6.07, 6.45) is 2.72. The zero-order valence-corrected chi connectivity index (χ0v) is 16.5. The summed E-state index contributed by atoms with van der Waals surface area (Å²) in [7, 11) is 1.61. The van der Waals surface area contributed by atoms with Crippen molar-refractivity contribution in [2.75, 3.05) is 20.2 Å². The van der Waals surface area contributed by atoms with Crippen molar-refractivity contribution in [3.63, 3.8) is 0 Å². The van der Waals surface area contributed by atoms with Crippen LogP contribution in [0.25, 0.3) is 0 Å². The Labute approximate surface area is 164 Å². The van der Waals surface area contributed by atoms with Gasteiger partial charge in [0.15, 0.2) is 0 Å². The van der Waals surface area contributed by atoms with Crippen molar-refractivity contribution in [1.29, 1.82) is 0 Å². The average Bonchev–Trinajstić information content (AvgIpc) is 2.97. The normalized spacial score (nSPS) is 20.7. The third-order valence-corrected chi connectivity index (χ3v) is 5.90. The molecule has 1 N–H and O–H groups in total. The lowest BCUT2D eigenvalue weighted by molar-refractivity contribution is -0.132. The number of benzene rings is 1. The van der Waals surface area contributed by atoms with Gasteiger partial charge < -0.3 is 9.64 Å². The van der Waals surface area contributed by atoms with Crippen molar-refractivity contribution < 1.29 is 19.1 Å². The van der Waals surface area contributed by atoms with Crippen molar-refractivity contribution in [3.05, 3.63) is 28.3 Å². The standard InChI is InChI=1S/C20H25ClN2O4/c1-12-9-16(21)17(27-2)11-15(12)13-5-7-23(8-6-13)19(25)4-3-14-10-18(24)22-20(14)26/h9,11,13-14H,3-8,10H2,1-2H3,(H,22,24,26)/t14-/m0/s1. The van der Waals surface area contributed by atoms with Crippen LogP contribution in [0.3, 0.4) is 0 Å². The molecule has 0 saturated carbocycles. The van der Waals surface area contributed by atoms with Crippen LogP contribution in [-0.2, 0) is 14.4 Å². The molecule has 0 radical (unpaired) electrons. The Bertz CT molecular complexity index is 757. The molecule has 2 fully saturated rings. The molecule has 2 heterocycles. The maximum absolute atomic E-state index is 12.5. The molecule has 0 unspecified atom stereocenters. The first kappa shape index (κ1) is 19.7. The van der Waals surface area contributed by atoms with Crippen LogP contribution in [0, 0.1) is 12.8 Å². The smallest absolute Gasteiger partial charge is 0.230 e. The quantitative estimate of drug-likeness (QED) is 0.782. The van der Waals surface area contributed by atoms with E-state index in [0.717, 1.165) is 18.4 Å². The van der Waals surface area contributed by atoms with Crippen LogP contribution < -0.4 is 10.1 Å². The molecule has 27 heavy (non-hydrogen) atoms. The van der Waals surface area contributed by atoms with Crippen LogP contribution in [0.5, 0.6) is 5.75 Å². The molecule has 1 aromatic carbocycles. The molecular formula is C20H25ClN2O4. The first-order valence-electron chi connectivity index (χ1n) is 9.34. The van der Waals surface area contributed by atoms with E-state index < -0.39 is 0 Å². The van der Waals surface area contributed by atoms with Gasteiger partial charge in [0.1, 0.15) is 5.75 Å². The fraction of sp³-hybridized carbons (Fsp3) is 0.550. The number of likely N-dealkylation sites (tertiary alicyclic amines) is 1. The minimum absolute atomic E-state index is 0.0611. The fourth-order valence-corrected chi connectivity index (χ4v) is 4.30. The highest BCUT2D eigenvalue weighted by Crippen LogP contribution is 2.36. The zero-order chi connectivity index (χ0) is 19.6. The van der Waals surface area contributed by atoms with Gasteiger partial charge in [-0.3, -0.25) is 19.7 Å². The molecule has 2 aliphatic rings. The molecule has 146 valence electrons. The van der Waals surface area contributed by atoms with Crippen LogP contribution in [0.15, 0.2) is 12.1 Å². The number of hydrogen-bond donors (Lipinski definition) is 1. The van der Waals surface area contributed by atoms with Crippen molar-refractivity contribution in [3.8, 4) is 5.75 Å². The molecule has 2 saturated heterocycles. The number of ether oxygens (including phenoxy) is 1. The Morgan fingerprint density at radius 1 is 1.30 bits per heavy atom. The minimum atomic E-state index is -0.358. The Morgan fingerprint density at radius 3 is 2.59 bits per heavy atom. The summed E-state index contributed by atoms with van der Waals surface area (Å²) >= 11 is 6.19. The molecule has 3 amide bonds. The van der Waals surface area contributed by atoms with Gasteiger partial charge in [-0.05, 0) is 55.4 Å². The van der Waals surface area contributed by atoms with Crippen LogP contribution >= 0.6 is 11.6 Å². The second kappa shape index (κ2) is 8.30. The van der Waals surface area contributed by atoms with E-state index in [1.165, 1.54) is 5.56 Å². The summed E-state index contributed by atoms with van der Waals surface area (Å²) < 4.78 is 5.33. The molecule has 0 spiro atoms. The summed E-state index contributed by atoms with van der Waals surface area (Å²) in [4.78, 5) is 37.2. The number of piperidine rings is 1. The van der Waals surface area contributed by atoms with Crippen LogP contribution in [-0.4, -0.2) is 42.8 Å². The molecule has 6 nitrogen and oxygen atoms in total. The number of carbonyl (C=O) groups excluding carboxylic acids is 3. The monoisotopic (exact) mass is 392 g/mol. The highest BCUT2D eigenvalue weighted by molar-refractivity contribution is 6.32. The number of amides is 3. The molecule has 0 aromatic heterocycles. The van der Waals surface area contributed by atoms with Gasteiger partial charge in [-0.1, -0.05) is 11.6 Å². The van der Waals surface area contributed by atoms with Crippen molar-refractivity contribution in [1.82, 2.24) is 10.2 Å². The van der Waals surface area contributed by atoms with Gasteiger partial charge in [0.05, 0.1) is 12.1 Å². The van der Waals surface area contributed by atoms with Gasteiger partial charge >= 0.3 is 0 Å². The lowest BCUT2D eigenvalue weighted by Gasteiger charge is -2.33. The Kier molecular flexibility index (Phi) is 6.05. The summed E-state index contributed by atoms with van der Waals surface area (Å²) in [5, 5.41) is 2.90. The number of halogens is 1. The SMILES string of the molecule is COc1cc(C2CCN(C(=O)CC[C@H]3CC(=O)NC3=O)CC2)c(C)cc1Cl. The van der Waals surface area contributed by atoms with Crippen molar-refractivity contribution >= 4 is 29.3 Å². The molecule has 0 aliphatic carbocycles. The third-order valence-electron chi connectivity index (χ3n) is 5.60. The van der Waals surface area contributed by atoms with E-state index in [0.29, 0.717) is 42.6 Å². The van der Waals surface area contributed by atoms with Crippen LogP contribution in [0.1, 0.15) is 49.1 Å². The summed E-state index contributed by atoms with van der Waals surface area (Å²) in [6, 6.07) is 3.94. The van der Waals surface area contributed by atoms with Gasteiger partial charge in [-0.15, -0.1) is 0 Å². The van der Waals surface area contributed by atoms with Crippen LogP contribution in [0.4, 0.5) is 0 Å². The highest BCUT2D eigenvalue weighted by Gasteiger charge is 2.32. The van der Waals surface area contributed by atoms with E-state index in [-0.39, 0.29) is 30.1 Å². The number of hydrogen-bond acceptors (Lipinski definition) is 4. The molecule has 2 aliphatic heterocycles. The number of carbonyl (C=O) groups is 3. The molecule has 3 rings (SSSR count). The zero-order valence-electron chi connectivity index (χ0n) is 15.7. The average molecular weight is 393 g/mol. The first-order valence-corrected chi connectivity index (χ1v) is 9.72. The number of imide groups is 1. The predicted octanol–water partition coefficient (Wildman–Crippen LogP) is 2.81. The number of rotatable bonds is 5. The van der Waals surface area contributed by atoms with Crippen molar-refractivity contribution in [2.24, 2.45) is 5.92 Å². The van der Waals surface area contributed by atoms with E-state index in [2.05, 4.69) is 5.32 Å². The molecule has 7 heteroatoms. The summed E-state index contributed by atoms with van der Waals surface area (Å²) in [5.41, 5.74) is 2.37. The van der Waals surface area contributed by atoms with E-state index >= 15 is 0 Å². The highest BCUT2D eigenvalue weighted by atomic mass is 35.5. The van der Waals surface area contributed by atoms with E-state index in [4.69, 9.17) is 16.3 Å². The van der Waals surface area contributed by atoms with Gasteiger partial charge in [-0.2, -0.15) is 0 Å². The van der Waals surface area contributed by atoms with Gasteiger partial charge in [0.2, 0.25) is 17.7 Å². The predicted molar refractivity (Wildman–Crippen MR) is 102 cm³/mol. The summed E-state index contributed by atoms with van der Waals surface area (Å²) in [5.74, 6) is 0.262. The number of aryl methyl sites for hydroxylation is 1. The largest absolute Gasteiger partial charge is 0.495 e. The fourth-order valence-electron chi connectivity index (χ4n) is 4.00. The van der Waals surface area contributed by atoms with Crippen molar-refractivity contribution in [2.45, 2.75) is 44.9 Å². The molecule has 1 atom stereocenters. The maximum atomic E-state index is 12.5. The maximum Gasteiger partial charge on any atom is 0.230 e. The van der Waals surface area contributed by atoms with E-state index in [1.54, 1.807) is 7.11 Å². The van der Waals surface area contributed by atoms with Gasteiger partial charge in [0.25, 0.3) is 0 Å². The molecule has 0 bridgehead atoms. The van der Waals surface area contributed by atoms with E-state index in [9.17, 15) is 14.4 Å². The Hall–Kier alpha value is -2.08. The first-order chi connectivity index (χ1) is 12.9. The summed E-state index contributed by atoms with van der Waals surface area (Å²) in [6.45, 7) is 3.44. The topological polar surface area (TPSA) is 75.7 Å². The number of nitrogens with one attached hydrogen (secondary N) is 1. The molecule has 1 aromatic rings. The third kappa shape index (κ3) is 4.43. The second-order valence-corrected chi connectivity index (χ2v) is 7.76. The second-order valence-electron chi connectivity index (χ2n) is 7.35. The van der Waals surface area contributed by atoms with Gasteiger partial charge in [-0.25, -0.2) is 0 Å². The van der Waals surface area contributed by atoms with Gasteiger partial charge in [0, 0.05) is 31.8 Å². The number of nitrogens with zero attached hydrogens (tertiary/aromatic N) is 1. The Morgan fingerprint density at radius 2 is 2.00 bits per heavy atom. The lowest BCUT2D eigenvalue weighted by atomic mass is 9.86. The van der Waals surface area contributed by atoms with Crippen LogP contribution in [0.2, 0.25) is 5.02 Å². The number of methoxy groups -OCH3 is 1. The minimum Gasteiger partial charge on any atom is -0.495 e. The Balaban J connectivity index is 1.53. The lowest BCUT2D eigenvalue weighted by Crippen LogP contribution is -2.38.